The molecule has 0 bridgehead atoms. The first-order chi connectivity index (χ1) is 15.9. The maximum atomic E-state index is 13.1. The quantitative estimate of drug-likeness (QED) is 0.596. The van der Waals surface area contributed by atoms with Gasteiger partial charge in [-0.05, 0) is 60.5 Å². The van der Waals surface area contributed by atoms with Crippen molar-refractivity contribution in [1.82, 2.24) is 9.80 Å². The number of carbonyl (C=O) groups is 1. The molecule has 3 aromatic rings. The highest BCUT2D eigenvalue weighted by Gasteiger charge is 2.21. The van der Waals surface area contributed by atoms with Crippen LogP contribution < -0.4 is 4.72 Å². The predicted molar refractivity (Wildman–Crippen MR) is 126 cm³/mol. The van der Waals surface area contributed by atoms with Crippen LogP contribution in [0, 0.1) is 5.82 Å². The number of hydrogen-bond donors (Lipinski definition) is 1. The van der Waals surface area contributed by atoms with Gasteiger partial charge in [-0.1, -0.05) is 30.3 Å². The Hall–Kier alpha value is -3.23. The van der Waals surface area contributed by atoms with E-state index in [-0.39, 0.29) is 16.6 Å². The molecule has 8 heteroatoms. The van der Waals surface area contributed by atoms with Crippen LogP contribution in [0.1, 0.15) is 22.3 Å². The molecular weight excluding hydrogens is 441 g/mol. The van der Waals surface area contributed by atoms with Gasteiger partial charge in [-0.25, -0.2) is 12.8 Å². The molecule has 1 N–H and O–H groups in total. The van der Waals surface area contributed by atoms with Crippen molar-refractivity contribution >= 4 is 21.6 Å². The second-order valence-electron chi connectivity index (χ2n) is 8.04. The Morgan fingerprint density at radius 1 is 0.848 bits per heavy atom. The molecule has 0 saturated carbocycles. The largest absolute Gasteiger partial charge is 0.337 e. The summed E-state index contributed by atoms with van der Waals surface area (Å²) in [6.45, 7) is 3.57. The maximum Gasteiger partial charge on any atom is 0.261 e. The Morgan fingerprint density at radius 3 is 2.24 bits per heavy atom. The number of carbonyl (C=O) groups excluding carboxylic acids is 1. The molecule has 0 radical (unpaired) electrons. The van der Waals surface area contributed by atoms with Gasteiger partial charge in [0.2, 0.25) is 0 Å². The van der Waals surface area contributed by atoms with Crippen molar-refractivity contribution in [3.63, 3.8) is 0 Å². The molecule has 0 atom stereocenters. The molecule has 172 valence electrons. The van der Waals surface area contributed by atoms with E-state index < -0.39 is 10.0 Å². The summed E-state index contributed by atoms with van der Waals surface area (Å²) in [5.74, 6) is -0.318. The van der Waals surface area contributed by atoms with Gasteiger partial charge in [0, 0.05) is 44.0 Å². The second kappa shape index (κ2) is 10.1. The summed E-state index contributed by atoms with van der Waals surface area (Å²) in [5.41, 5.74) is 1.96. The number of rotatable bonds is 6. The number of nitrogens with one attached hydrogen (secondary N) is 1. The van der Waals surface area contributed by atoms with Gasteiger partial charge < -0.3 is 4.90 Å². The highest BCUT2D eigenvalue weighted by Crippen LogP contribution is 2.18. The van der Waals surface area contributed by atoms with Crippen LogP contribution in [-0.4, -0.2) is 50.3 Å². The lowest BCUT2D eigenvalue weighted by atomic mass is 10.2. The molecule has 3 aromatic carbocycles. The molecule has 1 aliphatic heterocycles. The van der Waals surface area contributed by atoms with Gasteiger partial charge in [-0.15, -0.1) is 0 Å². The van der Waals surface area contributed by atoms with E-state index in [1.54, 1.807) is 54.6 Å². The molecule has 0 aliphatic carbocycles. The standard InChI is InChI=1S/C25H26FN3O3S/c26-22-11-7-20(8-12-22)19-28-15-4-16-29(18-17-28)25(30)21-9-13-23(14-10-21)27-33(31,32)24-5-2-1-3-6-24/h1-3,5-14,27H,4,15-19H2. The van der Waals surface area contributed by atoms with Gasteiger partial charge in [0.15, 0.2) is 0 Å². The molecule has 1 saturated heterocycles. The number of halogens is 1. The summed E-state index contributed by atoms with van der Waals surface area (Å²) in [6, 6.07) is 21.1. The molecule has 0 aromatic heterocycles. The van der Waals surface area contributed by atoms with Gasteiger partial charge in [-0.2, -0.15) is 0 Å². The molecule has 0 spiro atoms. The first-order valence-corrected chi connectivity index (χ1v) is 12.3. The molecule has 1 amide bonds. The lowest BCUT2D eigenvalue weighted by Gasteiger charge is -2.22. The predicted octanol–water partition coefficient (Wildman–Crippen LogP) is 3.97. The van der Waals surface area contributed by atoms with Gasteiger partial charge in [0.1, 0.15) is 5.82 Å². The third-order valence-corrected chi connectivity index (χ3v) is 7.03. The normalized spacial score (nSPS) is 15.1. The summed E-state index contributed by atoms with van der Waals surface area (Å²) in [6.07, 6.45) is 0.849. The van der Waals surface area contributed by atoms with Crippen LogP contribution in [0.3, 0.4) is 0 Å². The van der Waals surface area contributed by atoms with E-state index in [1.165, 1.54) is 24.3 Å². The first kappa shape index (κ1) is 22.9. The zero-order valence-corrected chi connectivity index (χ0v) is 19.0. The first-order valence-electron chi connectivity index (χ1n) is 10.8. The fourth-order valence-electron chi connectivity index (χ4n) is 3.86. The van der Waals surface area contributed by atoms with E-state index in [4.69, 9.17) is 0 Å². The van der Waals surface area contributed by atoms with Crippen LogP contribution >= 0.6 is 0 Å². The molecule has 1 heterocycles. The Labute approximate surface area is 193 Å². The minimum absolute atomic E-state index is 0.0731. The van der Waals surface area contributed by atoms with Crippen molar-refractivity contribution in [2.24, 2.45) is 0 Å². The van der Waals surface area contributed by atoms with Crippen LogP contribution in [0.5, 0.6) is 0 Å². The average molecular weight is 468 g/mol. The molecule has 6 nitrogen and oxygen atoms in total. The van der Waals surface area contributed by atoms with E-state index in [1.807, 2.05) is 4.90 Å². The van der Waals surface area contributed by atoms with Gasteiger partial charge in [0.25, 0.3) is 15.9 Å². The molecule has 1 aliphatic rings. The summed E-state index contributed by atoms with van der Waals surface area (Å²) >= 11 is 0. The molecule has 4 rings (SSSR count). The van der Waals surface area contributed by atoms with Crippen molar-refractivity contribution in [1.29, 1.82) is 0 Å². The van der Waals surface area contributed by atoms with Gasteiger partial charge in [0.05, 0.1) is 4.90 Å². The lowest BCUT2D eigenvalue weighted by molar-refractivity contribution is 0.0761. The average Bonchev–Trinajstić information content (AvgIpc) is 3.06. The van der Waals surface area contributed by atoms with Crippen LogP contribution in [0.2, 0.25) is 0 Å². The Morgan fingerprint density at radius 2 is 1.55 bits per heavy atom. The van der Waals surface area contributed by atoms with Crippen molar-refractivity contribution in [2.75, 3.05) is 30.9 Å². The number of anilines is 1. The number of benzene rings is 3. The number of sulfonamides is 1. The SMILES string of the molecule is O=C(c1ccc(NS(=O)(=O)c2ccccc2)cc1)N1CCCN(Cc2ccc(F)cc2)CC1. The van der Waals surface area contributed by atoms with Crippen molar-refractivity contribution in [2.45, 2.75) is 17.9 Å². The summed E-state index contributed by atoms with van der Waals surface area (Å²) in [4.78, 5) is 17.3. The molecule has 0 unspecified atom stereocenters. The zero-order chi connectivity index (χ0) is 23.3. The Bertz CT molecular complexity index is 1180. The highest BCUT2D eigenvalue weighted by atomic mass is 32.2. The summed E-state index contributed by atoms with van der Waals surface area (Å²) in [7, 11) is -3.68. The van der Waals surface area contributed by atoms with Crippen LogP contribution in [0.15, 0.2) is 83.8 Å². The third-order valence-electron chi connectivity index (χ3n) is 5.63. The third kappa shape index (κ3) is 5.97. The van der Waals surface area contributed by atoms with Crippen molar-refractivity contribution in [3.8, 4) is 0 Å². The zero-order valence-electron chi connectivity index (χ0n) is 18.2. The van der Waals surface area contributed by atoms with Crippen molar-refractivity contribution in [3.05, 3.63) is 95.8 Å². The van der Waals surface area contributed by atoms with E-state index in [9.17, 15) is 17.6 Å². The number of amides is 1. The van der Waals surface area contributed by atoms with Crippen LogP contribution in [0.25, 0.3) is 0 Å². The summed E-state index contributed by atoms with van der Waals surface area (Å²) in [5, 5.41) is 0. The van der Waals surface area contributed by atoms with Gasteiger partial charge >= 0.3 is 0 Å². The van der Waals surface area contributed by atoms with E-state index in [2.05, 4.69) is 9.62 Å². The Kier molecular flexibility index (Phi) is 7.05. The number of hydrogen-bond acceptors (Lipinski definition) is 4. The van der Waals surface area contributed by atoms with Gasteiger partial charge in [-0.3, -0.25) is 14.4 Å². The lowest BCUT2D eigenvalue weighted by Crippen LogP contribution is -2.35. The molecule has 33 heavy (non-hydrogen) atoms. The molecule has 1 fully saturated rings. The summed E-state index contributed by atoms with van der Waals surface area (Å²) < 4.78 is 40.6. The van der Waals surface area contributed by atoms with E-state index >= 15 is 0 Å². The maximum absolute atomic E-state index is 13.1. The second-order valence-corrected chi connectivity index (χ2v) is 9.73. The molecular formula is C25H26FN3O3S. The topological polar surface area (TPSA) is 69.7 Å². The van der Waals surface area contributed by atoms with Crippen LogP contribution in [0.4, 0.5) is 10.1 Å². The minimum atomic E-state index is -3.68. The smallest absolute Gasteiger partial charge is 0.261 e. The monoisotopic (exact) mass is 467 g/mol. The number of nitrogens with zero attached hydrogens (tertiary/aromatic N) is 2. The fraction of sp³-hybridized carbons (Fsp3) is 0.240. The van der Waals surface area contributed by atoms with E-state index in [0.29, 0.717) is 24.3 Å². The minimum Gasteiger partial charge on any atom is -0.337 e. The van der Waals surface area contributed by atoms with Crippen LogP contribution in [-0.2, 0) is 16.6 Å². The van der Waals surface area contributed by atoms with E-state index in [0.717, 1.165) is 31.6 Å². The van der Waals surface area contributed by atoms with Crippen molar-refractivity contribution < 1.29 is 17.6 Å². The Balaban J connectivity index is 1.35. The highest BCUT2D eigenvalue weighted by molar-refractivity contribution is 7.92. The fourth-order valence-corrected chi connectivity index (χ4v) is 4.94.